The number of hydrogen-bond acceptors (Lipinski definition) is 9. The van der Waals surface area contributed by atoms with Crippen molar-refractivity contribution in [2.24, 2.45) is 34.5 Å². The maximum absolute atomic E-state index is 12.9. The first-order valence-electron chi connectivity index (χ1n) is 12.9. The van der Waals surface area contributed by atoms with Gasteiger partial charge >= 0.3 is 11.9 Å². The maximum atomic E-state index is 12.9. The van der Waals surface area contributed by atoms with Gasteiger partial charge in [-0.15, -0.1) is 0 Å². The zero-order valence-electron chi connectivity index (χ0n) is 21.0. The highest BCUT2D eigenvalue weighted by Crippen LogP contribution is 2.74. The molecule has 7 rings (SSSR count). The first-order valence-corrected chi connectivity index (χ1v) is 12.9. The second-order valence-corrected chi connectivity index (χ2v) is 11.9. The van der Waals surface area contributed by atoms with Crippen LogP contribution in [0.5, 0.6) is 0 Å². The topological polar surface area (TPSA) is 113 Å². The molecule has 0 amide bonds. The summed E-state index contributed by atoms with van der Waals surface area (Å²) in [6, 6.07) is 0. The maximum Gasteiger partial charge on any atom is 0.310 e. The molecule has 5 aliphatic heterocycles. The van der Waals surface area contributed by atoms with Crippen LogP contribution in [-0.4, -0.2) is 66.2 Å². The Morgan fingerprint density at radius 2 is 1.89 bits per heavy atom. The summed E-state index contributed by atoms with van der Waals surface area (Å²) >= 11 is 0. The smallest absolute Gasteiger partial charge is 0.310 e. The number of aliphatic hydroxyl groups excluding tert-OH is 1. The minimum Gasteiger partial charge on any atom is -0.472 e. The van der Waals surface area contributed by atoms with Crippen LogP contribution >= 0.6 is 0 Å². The molecule has 5 unspecified atom stereocenters. The van der Waals surface area contributed by atoms with E-state index < -0.39 is 47.6 Å². The van der Waals surface area contributed by atoms with Crippen LogP contribution in [0.3, 0.4) is 0 Å². The van der Waals surface area contributed by atoms with Crippen LogP contribution in [0.25, 0.3) is 0 Å². The summed E-state index contributed by atoms with van der Waals surface area (Å²) in [4.78, 5) is 25.2. The van der Waals surface area contributed by atoms with Crippen LogP contribution in [0, 0.1) is 34.5 Å². The zero-order valence-corrected chi connectivity index (χ0v) is 21.0. The summed E-state index contributed by atoms with van der Waals surface area (Å²) in [6.07, 6.45) is 2.09. The van der Waals surface area contributed by atoms with Crippen molar-refractivity contribution in [3.8, 4) is 0 Å². The fraction of sp³-hybridized carbons (Fsp3) is 0.846. The largest absolute Gasteiger partial charge is 0.472 e. The molecule has 4 saturated heterocycles. The van der Waals surface area contributed by atoms with E-state index in [0.717, 1.165) is 6.42 Å². The number of carbonyl (C=O) groups excluding carboxylic acids is 2. The second kappa shape index (κ2) is 7.66. The monoisotopic (exact) mass is 492 g/mol. The van der Waals surface area contributed by atoms with Crippen molar-refractivity contribution in [3.63, 3.8) is 0 Å². The zero-order chi connectivity index (χ0) is 24.9. The average molecular weight is 493 g/mol. The van der Waals surface area contributed by atoms with Crippen LogP contribution in [0.15, 0.2) is 12.3 Å². The van der Waals surface area contributed by atoms with Crippen LogP contribution in [0.2, 0.25) is 0 Å². The van der Waals surface area contributed by atoms with Gasteiger partial charge in [0.25, 0.3) is 0 Å². The van der Waals surface area contributed by atoms with E-state index in [1.807, 2.05) is 0 Å². The first-order chi connectivity index (χ1) is 16.6. The van der Waals surface area contributed by atoms with Crippen molar-refractivity contribution in [1.29, 1.82) is 0 Å². The fourth-order valence-corrected chi connectivity index (χ4v) is 8.06. The van der Waals surface area contributed by atoms with E-state index >= 15 is 0 Å². The van der Waals surface area contributed by atoms with Crippen molar-refractivity contribution >= 4 is 11.9 Å². The summed E-state index contributed by atoms with van der Waals surface area (Å²) in [6.45, 7) is 9.63. The van der Waals surface area contributed by atoms with Crippen LogP contribution in [-0.2, 0) is 38.0 Å². The molecule has 0 radical (unpaired) electrons. The molecule has 9 nitrogen and oxygen atoms in total. The lowest BCUT2D eigenvalue weighted by Crippen LogP contribution is -2.80. The molecule has 2 spiro atoms. The standard InChI is InChI=1S/C26H36O9/c1-12(2)21(29)35-23-26-17(10-16(33-23)20(28)25(26)11-31-25)24(5,13(3)8-19(26)32-14(4)27)18-9-15-6-7-30-22(15)34-18/h6-7,12-13,15-20,22-23,28H,8-11H2,1-5H3/t13-,15+,16?,17-,18+,19+,20-,22?,23?,24?,25-,26?/m1/s1. The third-order valence-corrected chi connectivity index (χ3v) is 10.0. The van der Waals surface area contributed by atoms with Crippen LogP contribution in [0.1, 0.15) is 53.9 Å². The molecule has 12 atom stereocenters. The van der Waals surface area contributed by atoms with Gasteiger partial charge in [0.05, 0.1) is 31.0 Å². The molecule has 5 heterocycles. The van der Waals surface area contributed by atoms with Crippen LogP contribution < -0.4 is 0 Å². The van der Waals surface area contributed by atoms with Gasteiger partial charge in [-0.25, -0.2) is 0 Å². The van der Waals surface area contributed by atoms with E-state index in [2.05, 4.69) is 19.9 Å². The Balaban J connectivity index is 1.48. The Hall–Kier alpha value is -1.68. The number of rotatable bonds is 4. The molecule has 0 aromatic carbocycles. The fourth-order valence-electron chi connectivity index (χ4n) is 8.06. The van der Waals surface area contributed by atoms with Crippen molar-refractivity contribution in [2.45, 2.75) is 96.5 Å². The minimum atomic E-state index is -1.06. The lowest BCUT2D eigenvalue weighted by molar-refractivity contribution is -0.396. The third kappa shape index (κ3) is 2.95. The summed E-state index contributed by atoms with van der Waals surface area (Å²) in [5.74, 6) is -1.02. The molecule has 6 fully saturated rings. The Morgan fingerprint density at radius 1 is 1.14 bits per heavy atom. The van der Waals surface area contributed by atoms with Gasteiger partial charge in [-0.1, -0.05) is 27.7 Å². The van der Waals surface area contributed by atoms with Gasteiger partial charge in [0.2, 0.25) is 12.6 Å². The highest BCUT2D eigenvalue weighted by Gasteiger charge is 2.86. The number of esters is 2. The Kier molecular flexibility index (Phi) is 5.19. The second-order valence-electron chi connectivity index (χ2n) is 11.9. The normalized spacial score (nSPS) is 53.3. The molecule has 194 valence electrons. The first kappa shape index (κ1) is 23.7. The van der Waals surface area contributed by atoms with E-state index in [9.17, 15) is 14.7 Å². The number of carbonyl (C=O) groups is 2. The highest BCUT2D eigenvalue weighted by molar-refractivity contribution is 5.72. The molecular weight excluding hydrogens is 456 g/mol. The van der Waals surface area contributed by atoms with E-state index in [-0.39, 0.29) is 41.5 Å². The Labute approximate surface area is 205 Å². The molecular formula is C26H36O9. The number of epoxide rings is 1. The summed E-state index contributed by atoms with van der Waals surface area (Å²) in [7, 11) is 0. The summed E-state index contributed by atoms with van der Waals surface area (Å²) < 4.78 is 36.6. The van der Waals surface area contributed by atoms with Gasteiger partial charge in [0.15, 0.2) is 0 Å². The van der Waals surface area contributed by atoms with E-state index in [1.165, 1.54) is 6.92 Å². The molecule has 9 heteroatoms. The van der Waals surface area contributed by atoms with Gasteiger partial charge in [-0.2, -0.15) is 0 Å². The number of fused-ring (bicyclic) bond motifs is 2. The van der Waals surface area contributed by atoms with E-state index in [4.69, 9.17) is 28.4 Å². The molecule has 2 saturated carbocycles. The van der Waals surface area contributed by atoms with Gasteiger partial charge < -0.3 is 33.5 Å². The third-order valence-electron chi connectivity index (χ3n) is 10.0. The van der Waals surface area contributed by atoms with Gasteiger partial charge in [0, 0.05) is 18.3 Å². The van der Waals surface area contributed by atoms with Gasteiger partial charge in [-0.3, -0.25) is 9.59 Å². The molecule has 7 aliphatic rings. The Morgan fingerprint density at radius 3 is 2.51 bits per heavy atom. The molecule has 2 bridgehead atoms. The van der Waals surface area contributed by atoms with Crippen LogP contribution in [0.4, 0.5) is 0 Å². The number of aliphatic hydroxyl groups is 1. The highest BCUT2D eigenvalue weighted by atomic mass is 16.7. The van der Waals surface area contributed by atoms with E-state index in [1.54, 1.807) is 20.1 Å². The van der Waals surface area contributed by atoms with E-state index in [0.29, 0.717) is 19.4 Å². The van der Waals surface area contributed by atoms with Crippen molar-refractivity contribution in [2.75, 3.05) is 6.61 Å². The molecule has 0 aromatic rings. The quantitative estimate of drug-likeness (QED) is 0.466. The lowest BCUT2D eigenvalue weighted by Gasteiger charge is -2.69. The average Bonchev–Trinajstić information content (AvgIpc) is 3.28. The van der Waals surface area contributed by atoms with Crippen molar-refractivity contribution in [1.82, 2.24) is 0 Å². The summed E-state index contributed by atoms with van der Waals surface area (Å²) in [5.41, 5.74) is -2.45. The van der Waals surface area contributed by atoms with Gasteiger partial charge in [0.1, 0.15) is 23.2 Å². The predicted molar refractivity (Wildman–Crippen MR) is 119 cm³/mol. The predicted octanol–water partition coefficient (Wildman–Crippen LogP) is 2.30. The lowest BCUT2D eigenvalue weighted by atomic mass is 9.40. The summed E-state index contributed by atoms with van der Waals surface area (Å²) in [5, 5.41) is 11.4. The SMILES string of the molecule is CC(=O)O[C@H]1C[C@@H](C)C(C)([C@@H]2C[C@@H]3C=COC3O2)[C@H]2CC3OC(OC(=O)C(C)C)C12[C@@]1(CO1)[C@@H]3O. The van der Waals surface area contributed by atoms with Crippen molar-refractivity contribution < 1.29 is 43.1 Å². The minimum absolute atomic E-state index is 0.115. The van der Waals surface area contributed by atoms with Crippen molar-refractivity contribution in [3.05, 3.63) is 12.3 Å². The number of hydrogen-bond donors (Lipinski definition) is 1. The van der Waals surface area contributed by atoms with Gasteiger partial charge in [-0.05, 0) is 37.2 Å². The molecule has 1 N–H and O–H groups in total. The molecule has 0 aromatic heterocycles. The molecule has 35 heavy (non-hydrogen) atoms. The Bertz CT molecular complexity index is 943. The molecule has 2 aliphatic carbocycles. The number of ether oxygens (including phenoxy) is 6.